The van der Waals surface area contributed by atoms with Crippen molar-refractivity contribution in [3.05, 3.63) is 41.2 Å². The van der Waals surface area contributed by atoms with E-state index in [1.165, 1.54) is 0 Å². The van der Waals surface area contributed by atoms with Gasteiger partial charge in [-0.05, 0) is 58.0 Å². The van der Waals surface area contributed by atoms with Gasteiger partial charge in [-0.15, -0.1) is 0 Å². The monoisotopic (exact) mass is 339 g/mol. The number of aromatic nitrogens is 3. The largest absolute Gasteiger partial charge is 0.356 e. The number of aryl methyl sites for hydroxylation is 2. The van der Waals surface area contributed by atoms with Crippen molar-refractivity contribution in [2.75, 3.05) is 20.1 Å². The minimum absolute atomic E-state index is 0.0839. The molecule has 1 amide bonds. The van der Waals surface area contributed by atoms with E-state index < -0.39 is 0 Å². The number of amides is 1. The van der Waals surface area contributed by atoms with Crippen molar-refractivity contribution >= 4 is 22.5 Å². The summed E-state index contributed by atoms with van der Waals surface area (Å²) in [5.74, 6) is 0.0839. The molecule has 0 bridgehead atoms. The predicted octanol–water partition coefficient (Wildman–Crippen LogP) is 2.16. The van der Waals surface area contributed by atoms with E-state index in [0.29, 0.717) is 19.4 Å². The quantitative estimate of drug-likeness (QED) is 0.647. The molecule has 6 nitrogen and oxygen atoms in total. The molecular weight excluding hydrogens is 314 g/mol. The van der Waals surface area contributed by atoms with Gasteiger partial charge < -0.3 is 10.6 Å². The first-order chi connectivity index (χ1) is 12.1. The van der Waals surface area contributed by atoms with E-state index in [9.17, 15) is 4.79 Å². The molecule has 0 aliphatic rings. The zero-order chi connectivity index (χ0) is 17.8. The van der Waals surface area contributed by atoms with E-state index in [1.54, 1.807) is 0 Å². The summed E-state index contributed by atoms with van der Waals surface area (Å²) in [7, 11) is 1.91. The fraction of sp³-hybridized carbons (Fsp3) is 0.421. The van der Waals surface area contributed by atoms with Gasteiger partial charge in [0.05, 0.1) is 5.52 Å². The van der Waals surface area contributed by atoms with Crippen molar-refractivity contribution in [2.24, 2.45) is 0 Å². The maximum absolute atomic E-state index is 12.0. The van der Waals surface area contributed by atoms with Gasteiger partial charge in [-0.1, -0.05) is 12.1 Å². The molecule has 0 radical (unpaired) electrons. The predicted molar refractivity (Wildman–Crippen MR) is 99.8 cm³/mol. The molecule has 2 N–H and O–H groups in total. The van der Waals surface area contributed by atoms with Gasteiger partial charge in [0.2, 0.25) is 5.91 Å². The molecule has 0 unspecified atom stereocenters. The lowest BCUT2D eigenvalue weighted by Gasteiger charge is -2.11. The van der Waals surface area contributed by atoms with Gasteiger partial charge in [-0.3, -0.25) is 4.79 Å². The highest BCUT2D eigenvalue weighted by Gasteiger charge is 2.14. The minimum atomic E-state index is 0.0839. The molecule has 3 rings (SSSR count). The van der Waals surface area contributed by atoms with Crippen LogP contribution in [0.3, 0.4) is 0 Å². The third-order valence-corrected chi connectivity index (χ3v) is 4.55. The van der Waals surface area contributed by atoms with Crippen LogP contribution in [-0.4, -0.2) is 40.6 Å². The topological polar surface area (TPSA) is 71.3 Å². The average molecular weight is 339 g/mol. The van der Waals surface area contributed by atoms with Crippen molar-refractivity contribution in [3.8, 4) is 0 Å². The molecule has 0 saturated carbocycles. The maximum Gasteiger partial charge on any atom is 0.220 e. The van der Waals surface area contributed by atoms with E-state index in [1.807, 2.05) is 49.7 Å². The molecule has 3 aromatic rings. The Labute approximate surface area is 147 Å². The van der Waals surface area contributed by atoms with Crippen molar-refractivity contribution < 1.29 is 4.79 Å². The Bertz CT molecular complexity index is 900. The number of carbonyl (C=O) groups is 1. The Morgan fingerprint density at radius 2 is 2.00 bits per heavy atom. The first kappa shape index (κ1) is 17.4. The zero-order valence-electron chi connectivity index (χ0n) is 15.1. The molecule has 0 atom stereocenters. The number of nitrogens with one attached hydrogen (secondary N) is 2. The summed E-state index contributed by atoms with van der Waals surface area (Å²) in [5, 5.41) is 11.8. The molecule has 2 aromatic heterocycles. The van der Waals surface area contributed by atoms with Crippen LogP contribution >= 0.6 is 0 Å². The number of hydrogen-bond donors (Lipinski definition) is 2. The summed E-state index contributed by atoms with van der Waals surface area (Å²) < 4.78 is 1.90. The van der Waals surface area contributed by atoms with Crippen LogP contribution in [0.2, 0.25) is 0 Å². The Hall–Kier alpha value is -2.47. The number of hydrogen-bond acceptors (Lipinski definition) is 4. The molecule has 6 heteroatoms. The normalized spacial score (nSPS) is 11.3. The lowest BCUT2D eigenvalue weighted by molar-refractivity contribution is -0.121. The smallest absolute Gasteiger partial charge is 0.220 e. The van der Waals surface area contributed by atoms with Crippen LogP contribution in [0.1, 0.15) is 29.8 Å². The molecule has 132 valence electrons. The summed E-state index contributed by atoms with van der Waals surface area (Å²) in [6, 6.07) is 8.03. The summed E-state index contributed by atoms with van der Waals surface area (Å²) >= 11 is 0. The molecule has 0 spiro atoms. The second-order valence-corrected chi connectivity index (χ2v) is 6.32. The van der Waals surface area contributed by atoms with E-state index >= 15 is 0 Å². The fourth-order valence-electron chi connectivity index (χ4n) is 3.16. The lowest BCUT2D eigenvalue weighted by atomic mass is 10.1. The molecule has 0 saturated heterocycles. The first-order valence-corrected chi connectivity index (χ1v) is 8.76. The molecular formula is C19H25N5O. The number of rotatable bonds is 7. The van der Waals surface area contributed by atoms with E-state index in [-0.39, 0.29) is 5.91 Å². The molecule has 0 aliphatic carbocycles. The summed E-state index contributed by atoms with van der Waals surface area (Å²) in [4.78, 5) is 16.8. The van der Waals surface area contributed by atoms with Gasteiger partial charge in [0.15, 0.2) is 5.65 Å². The Morgan fingerprint density at radius 3 is 2.80 bits per heavy atom. The Morgan fingerprint density at radius 1 is 1.20 bits per heavy atom. The van der Waals surface area contributed by atoms with E-state index in [0.717, 1.165) is 46.5 Å². The highest BCUT2D eigenvalue weighted by Crippen LogP contribution is 2.22. The molecule has 1 aromatic carbocycles. The first-order valence-electron chi connectivity index (χ1n) is 8.76. The van der Waals surface area contributed by atoms with Crippen LogP contribution in [0, 0.1) is 13.8 Å². The van der Waals surface area contributed by atoms with Gasteiger partial charge in [-0.25, -0.2) is 9.50 Å². The van der Waals surface area contributed by atoms with Crippen molar-refractivity contribution in [1.29, 1.82) is 0 Å². The number of nitrogens with zero attached hydrogens (tertiary/aromatic N) is 3. The lowest BCUT2D eigenvalue weighted by Crippen LogP contribution is -2.27. The van der Waals surface area contributed by atoms with Crippen LogP contribution in [0.15, 0.2) is 24.3 Å². The van der Waals surface area contributed by atoms with Gasteiger partial charge in [0.1, 0.15) is 0 Å². The highest BCUT2D eigenvalue weighted by molar-refractivity contribution is 5.92. The van der Waals surface area contributed by atoms with Crippen LogP contribution in [0.4, 0.5) is 0 Å². The summed E-state index contributed by atoms with van der Waals surface area (Å²) in [6.45, 7) is 5.67. The third kappa shape index (κ3) is 3.64. The molecule has 0 aliphatic heterocycles. The maximum atomic E-state index is 12.0. The fourth-order valence-corrected chi connectivity index (χ4v) is 3.16. The van der Waals surface area contributed by atoms with Crippen molar-refractivity contribution in [2.45, 2.75) is 33.1 Å². The minimum Gasteiger partial charge on any atom is -0.356 e. The van der Waals surface area contributed by atoms with Gasteiger partial charge in [0.25, 0.3) is 0 Å². The number of carbonyl (C=O) groups excluding carboxylic acids is 1. The number of fused-ring (bicyclic) bond motifs is 3. The Balaban J connectivity index is 1.78. The standard InChI is InChI=1S/C19H25N5O/c1-13-15(9-10-18(25)21-12-6-11-20-3)14(2)24-19(22-13)16-7-4-5-8-17(16)23-24/h4-5,7-8,20H,6,9-12H2,1-3H3,(H,21,25). The summed E-state index contributed by atoms with van der Waals surface area (Å²) in [5.41, 5.74) is 4.95. The van der Waals surface area contributed by atoms with Crippen molar-refractivity contribution in [3.63, 3.8) is 0 Å². The van der Waals surface area contributed by atoms with Gasteiger partial charge in [0, 0.05) is 29.7 Å². The van der Waals surface area contributed by atoms with Gasteiger partial charge in [-0.2, -0.15) is 5.10 Å². The van der Waals surface area contributed by atoms with E-state index in [4.69, 9.17) is 4.98 Å². The second kappa shape index (κ2) is 7.61. The van der Waals surface area contributed by atoms with Crippen LogP contribution < -0.4 is 10.6 Å². The summed E-state index contributed by atoms with van der Waals surface area (Å²) in [6.07, 6.45) is 2.08. The molecule has 25 heavy (non-hydrogen) atoms. The Kier molecular flexibility index (Phi) is 5.28. The molecule has 0 fully saturated rings. The van der Waals surface area contributed by atoms with E-state index in [2.05, 4.69) is 15.7 Å². The van der Waals surface area contributed by atoms with Crippen LogP contribution in [-0.2, 0) is 11.2 Å². The average Bonchev–Trinajstić information content (AvgIpc) is 2.97. The highest BCUT2D eigenvalue weighted by atomic mass is 16.1. The SMILES string of the molecule is CNCCCNC(=O)CCc1c(C)nc2c3ccccc3nn2c1C. The van der Waals surface area contributed by atoms with Crippen LogP contribution in [0.5, 0.6) is 0 Å². The second-order valence-electron chi connectivity index (χ2n) is 6.32. The zero-order valence-corrected chi connectivity index (χ0v) is 15.1. The number of benzene rings is 1. The van der Waals surface area contributed by atoms with Crippen LogP contribution in [0.25, 0.3) is 16.6 Å². The molecule has 2 heterocycles. The van der Waals surface area contributed by atoms with Gasteiger partial charge >= 0.3 is 0 Å². The van der Waals surface area contributed by atoms with Crippen molar-refractivity contribution in [1.82, 2.24) is 25.2 Å². The third-order valence-electron chi connectivity index (χ3n) is 4.55.